The first-order valence-corrected chi connectivity index (χ1v) is 8.86. The van der Waals surface area contributed by atoms with Crippen molar-refractivity contribution in [2.45, 2.75) is 52.7 Å². The molecule has 0 aromatic heterocycles. The second kappa shape index (κ2) is 9.11. The minimum atomic E-state index is -0.162. The number of carbonyl (C=O) groups excluding carboxylic acids is 1. The third kappa shape index (κ3) is 5.82. The second-order valence-corrected chi connectivity index (χ2v) is 6.18. The van der Waals surface area contributed by atoms with Crippen LogP contribution in [0.1, 0.15) is 50.9 Å². The van der Waals surface area contributed by atoms with E-state index in [0.29, 0.717) is 11.3 Å². The maximum atomic E-state index is 12.4. The highest BCUT2D eigenvalue weighted by molar-refractivity contribution is 6.04. The number of benzene rings is 2. The van der Waals surface area contributed by atoms with Gasteiger partial charge in [0.25, 0.3) is 5.91 Å². The number of amides is 1. The molecule has 1 N–H and O–H groups in total. The molecule has 2 atom stereocenters. The molecule has 0 radical (unpaired) electrons. The third-order valence-electron chi connectivity index (χ3n) is 4.03. The zero-order valence-corrected chi connectivity index (χ0v) is 15.4. The molecular formula is C21H27NO3. The fourth-order valence-electron chi connectivity index (χ4n) is 2.16. The van der Waals surface area contributed by atoms with Crippen molar-refractivity contribution in [3.63, 3.8) is 0 Å². The maximum Gasteiger partial charge on any atom is 0.255 e. The number of carbonyl (C=O) groups is 1. The van der Waals surface area contributed by atoms with Crippen molar-refractivity contribution < 1.29 is 14.3 Å². The topological polar surface area (TPSA) is 47.6 Å². The molecular weight excluding hydrogens is 314 g/mol. The summed E-state index contributed by atoms with van der Waals surface area (Å²) in [7, 11) is 0. The highest BCUT2D eigenvalue weighted by Crippen LogP contribution is 2.20. The van der Waals surface area contributed by atoms with E-state index < -0.39 is 0 Å². The Labute approximate surface area is 150 Å². The number of hydrogen-bond acceptors (Lipinski definition) is 3. The van der Waals surface area contributed by atoms with Crippen LogP contribution in [0, 0.1) is 0 Å². The van der Waals surface area contributed by atoms with E-state index in [0.717, 1.165) is 24.3 Å². The molecule has 0 heterocycles. The summed E-state index contributed by atoms with van der Waals surface area (Å²) in [5, 5.41) is 2.90. The fourth-order valence-corrected chi connectivity index (χ4v) is 2.16. The minimum Gasteiger partial charge on any atom is -0.491 e. The Kier molecular flexibility index (Phi) is 6.87. The molecule has 0 aliphatic carbocycles. The number of hydrogen-bond donors (Lipinski definition) is 1. The molecule has 0 aliphatic heterocycles. The number of ether oxygens (including phenoxy) is 2. The van der Waals surface area contributed by atoms with Gasteiger partial charge in [0.05, 0.1) is 12.2 Å². The van der Waals surface area contributed by atoms with Gasteiger partial charge in [0.2, 0.25) is 0 Å². The molecule has 2 unspecified atom stereocenters. The lowest BCUT2D eigenvalue weighted by Gasteiger charge is -2.14. The van der Waals surface area contributed by atoms with Crippen LogP contribution in [-0.2, 0) is 0 Å². The molecule has 0 fully saturated rings. The summed E-state index contributed by atoms with van der Waals surface area (Å²) in [6.07, 6.45) is 2.17. The lowest BCUT2D eigenvalue weighted by Crippen LogP contribution is -2.14. The highest BCUT2D eigenvalue weighted by atomic mass is 16.5. The van der Waals surface area contributed by atoms with Gasteiger partial charge in [0.15, 0.2) is 0 Å². The molecule has 134 valence electrons. The molecule has 2 aromatic rings. The van der Waals surface area contributed by atoms with Crippen LogP contribution in [0.3, 0.4) is 0 Å². The van der Waals surface area contributed by atoms with Gasteiger partial charge in [-0.1, -0.05) is 19.9 Å². The molecule has 4 nitrogen and oxygen atoms in total. The van der Waals surface area contributed by atoms with Crippen LogP contribution < -0.4 is 14.8 Å². The number of anilines is 1. The van der Waals surface area contributed by atoms with E-state index in [4.69, 9.17) is 9.47 Å². The van der Waals surface area contributed by atoms with Gasteiger partial charge >= 0.3 is 0 Å². The Bertz CT molecular complexity index is 682. The van der Waals surface area contributed by atoms with Gasteiger partial charge in [-0.15, -0.1) is 0 Å². The largest absolute Gasteiger partial charge is 0.491 e. The molecule has 0 aliphatic rings. The molecule has 0 spiro atoms. The fraction of sp³-hybridized carbons (Fsp3) is 0.381. The van der Waals surface area contributed by atoms with Crippen molar-refractivity contribution in [3.05, 3.63) is 54.1 Å². The average Bonchev–Trinajstić information content (AvgIpc) is 2.63. The zero-order chi connectivity index (χ0) is 18.2. The summed E-state index contributed by atoms with van der Waals surface area (Å²) in [6.45, 7) is 8.19. The molecule has 0 bridgehead atoms. The van der Waals surface area contributed by atoms with Gasteiger partial charge in [-0.05, 0) is 69.2 Å². The van der Waals surface area contributed by atoms with E-state index in [9.17, 15) is 4.79 Å². The van der Waals surface area contributed by atoms with E-state index in [1.54, 1.807) is 12.1 Å². The Hall–Kier alpha value is -2.49. The van der Waals surface area contributed by atoms with E-state index in [-0.39, 0.29) is 18.1 Å². The van der Waals surface area contributed by atoms with Crippen LogP contribution in [0.25, 0.3) is 0 Å². The molecule has 2 rings (SSSR count). The van der Waals surface area contributed by atoms with Crippen molar-refractivity contribution in [2.24, 2.45) is 0 Å². The van der Waals surface area contributed by atoms with Crippen molar-refractivity contribution in [3.8, 4) is 11.5 Å². The number of rotatable bonds is 8. The summed E-state index contributed by atoms with van der Waals surface area (Å²) in [6, 6.07) is 14.7. The Balaban J connectivity index is 2.00. The summed E-state index contributed by atoms with van der Waals surface area (Å²) < 4.78 is 11.5. The normalized spacial score (nSPS) is 13.0. The van der Waals surface area contributed by atoms with Gasteiger partial charge in [-0.2, -0.15) is 0 Å². The van der Waals surface area contributed by atoms with E-state index in [1.807, 2.05) is 50.2 Å². The lowest BCUT2D eigenvalue weighted by atomic mass is 10.2. The smallest absolute Gasteiger partial charge is 0.255 e. The van der Waals surface area contributed by atoms with Crippen LogP contribution in [0.5, 0.6) is 11.5 Å². The standard InChI is InChI=1S/C21H27NO3/c1-5-15(3)24-19-12-10-18(11-13-19)22-21(23)17-8-7-9-20(14-17)25-16(4)6-2/h7-16H,5-6H2,1-4H3,(H,22,23). The van der Waals surface area contributed by atoms with Crippen LogP contribution >= 0.6 is 0 Å². The van der Waals surface area contributed by atoms with E-state index in [2.05, 4.69) is 19.2 Å². The molecule has 1 amide bonds. The van der Waals surface area contributed by atoms with Gasteiger partial charge < -0.3 is 14.8 Å². The first-order valence-electron chi connectivity index (χ1n) is 8.86. The van der Waals surface area contributed by atoms with Gasteiger partial charge in [-0.3, -0.25) is 4.79 Å². The summed E-state index contributed by atoms with van der Waals surface area (Å²) in [5.41, 5.74) is 1.30. The van der Waals surface area contributed by atoms with Crippen molar-refractivity contribution in [2.75, 3.05) is 5.32 Å². The van der Waals surface area contributed by atoms with Gasteiger partial charge in [-0.25, -0.2) is 0 Å². The quantitative estimate of drug-likeness (QED) is 0.709. The number of nitrogens with one attached hydrogen (secondary N) is 1. The van der Waals surface area contributed by atoms with Crippen molar-refractivity contribution in [1.82, 2.24) is 0 Å². The summed E-state index contributed by atoms with van der Waals surface area (Å²) >= 11 is 0. The third-order valence-corrected chi connectivity index (χ3v) is 4.03. The second-order valence-electron chi connectivity index (χ2n) is 6.18. The predicted octanol–water partition coefficient (Wildman–Crippen LogP) is 5.29. The van der Waals surface area contributed by atoms with E-state index in [1.165, 1.54) is 0 Å². The van der Waals surface area contributed by atoms with Crippen LogP contribution in [-0.4, -0.2) is 18.1 Å². The van der Waals surface area contributed by atoms with E-state index >= 15 is 0 Å². The SMILES string of the molecule is CCC(C)Oc1ccc(NC(=O)c2cccc(OC(C)CC)c2)cc1. The first-order chi connectivity index (χ1) is 12.0. The van der Waals surface area contributed by atoms with Crippen LogP contribution in [0.15, 0.2) is 48.5 Å². The summed E-state index contributed by atoms with van der Waals surface area (Å²) in [5.74, 6) is 1.35. The highest BCUT2D eigenvalue weighted by Gasteiger charge is 2.09. The maximum absolute atomic E-state index is 12.4. The molecule has 25 heavy (non-hydrogen) atoms. The molecule has 0 saturated carbocycles. The minimum absolute atomic E-state index is 0.122. The van der Waals surface area contributed by atoms with Crippen molar-refractivity contribution >= 4 is 11.6 Å². The Morgan fingerprint density at radius 3 is 2.12 bits per heavy atom. The molecule has 0 saturated heterocycles. The molecule has 2 aromatic carbocycles. The van der Waals surface area contributed by atoms with Crippen LogP contribution in [0.2, 0.25) is 0 Å². The molecule has 4 heteroatoms. The Morgan fingerprint density at radius 1 is 0.920 bits per heavy atom. The zero-order valence-electron chi connectivity index (χ0n) is 15.4. The van der Waals surface area contributed by atoms with Crippen molar-refractivity contribution in [1.29, 1.82) is 0 Å². The average molecular weight is 341 g/mol. The van der Waals surface area contributed by atoms with Gasteiger partial charge in [0, 0.05) is 11.3 Å². The lowest BCUT2D eigenvalue weighted by molar-refractivity contribution is 0.102. The Morgan fingerprint density at radius 2 is 1.52 bits per heavy atom. The predicted molar refractivity (Wildman–Crippen MR) is 102 cm³/mol. The summed E-state index contributed by atoms with van der Waals surface area (Å²) in [4.78, 5) is 12.4. The van der Waals surface area contributed by atoms with Crippen LogP contribution in [0.4, 0.5) is 5.69 Å². The monoisotopic (exact) mass is 341 g/mol. The first kappa shape index (κ1) is 18.8. The van der Waals surface area contributed by atoms with Gasteiger partial charge in [0.1, 0.15) is 11.5 Å².